The van der Waals surface area contributed by atoms with Gasteiger partial charge in [-0.1, -0.05) is 12.8 Å². The van der Waals surface area contributed by atoms with Crippen LogP contribution in [-0.4, -0.2) is 26.2 Å². The molecule has 1 saturated heterocycles. The van der Waals surface area contributed by atoms with Gasteiger partial charge in [-0.15, -0.1) is 0 Å². The molecule has 0 spiro atoms. The molecule has 0 unspecified atom stereocenters. The molecule has 14 heavy (non-hydrogen) atoms. The summed E-state index contributed by atoms with van der Waals surface area (Å²) in [5, 5.41) is 3.36. The van der Waals surface area contributed by atoms with Gasteiger partial charge in [0.2, 0.25) is 0 Å². The molecular weight excluding hydrogens is 178 g/mol. The molecule has 0 aromatic heterocycles. The number of methoxy groups -OCH3 is 1. The van der Waals surface area contributed by atoms with Gasteiger partial charge in [-0.2, -0.15) is 0 Å². The van der Waals surface area contributed by atoms with Gasteiger partial charge in [-0.3, -0.25) is 4.79 Å². The zero-order valence-corrected chi connectivity index (χ0v) is 9.05. The summed E-state index contributed by atoms with van der Waals surface area (Å²) in [6.45, 7) is 2.34. The number of nitrogens with one attached hydrogen (secondary N) is 1. The highest BCUT2D eigenvalue weighted by atomic mass is 16.5. The van der Waals surface area contributed by atoms with Gasteiger partial charge in [0, 0.05) is 6.42 Å². The fourth-order valence-corrected chi connectivity index (χ4v) is 1.97. The van der Waals surface area contributed by atoms with E-state index in [9.17, 15) is 4.79 Å². The number of hydrogen-bond acceptors (Lipinski definition) is 3. The highest BCUT2D eigenvalue weighted by molar-refractivity contribution is 5.68. The number of rotatable bonds is 5. The molecular formula is C11H21NO2. The van der Waals surface area contributed by atoms with E-state index in [1.165, 1.54) is 45.9 Å². The van der Waals surface area contributed by atoms with Crippen molar-refractivity contribution in [1.29, 1.82) is 0 Å². The normalized spacial score (nSPS) is 18.1. The van der Waals surface area contributed by atoms with E-state index in [0.29, 0.717) is 6.42 Å². The van der Waals surface area contributed by atoms with Crippen LogP contribution in [0.3, 0.4) is 0 Å². The second-order valence-corrected chi connectivity index (χ2v) is 4.02. The number of carbonyl (C=O) groups excluding carboxylic acids is 1. The lowest BCUT2D eigenvalue weighted by Gasteiger charge is -2.22. The van der Waals surface area contributed by atoms with Crippen molar-refractivity contribution in [3.63, 3.8) is 0 Å². The Kier molecular flexibility index (Phi) is 5.60. The van der Waals surface area contributed by atoms with E-state index < -0.39 is 0 Å². The molecule has 0 aromatic carbocycles. The summed E-state index contributed by atoms with van der Waals surface area (Å²) in [6.07, 6.45) is 6.62. The maximum atomic E-state index is 10.8. The van der Waals surface area contributed by atoms with Gasteiger partial charge < -0.3 is 10.1 Å². The van der Waals surface area contributed by atoms with Crippen molar-refractivity contribution < 1.29 is 9.53 Å². The third kappa shape index (κ3) is 4.61. The van der Waals surface area contributed by atoms with Gasteiger partial charge in [0.1, 0.15) is 0 Å². The van der Waals surface area contributed by atoms with Crippen LogP contribution >= 0.6 is 0 Å². The SMILES string of the molecule is COC(=O)CCCCC1CCNCC1. The van der Waals surface area contributed by atoms with Crippen LogP contribution in [0.25, 0.3) is 0 Å². The van der Waals surface area contributed by atoms with Crippen LogP contribution in [0.4, 0.5) is 0 Å². The average molecular weight is 199 g/mol. The first-order valence-electron chi connectivity index (χ1n) is 5.60. The monoisotopic (exact) mass is 199 g/mol. The Hall–Kier alpha value is -0.570. The number of piperidine rings is 1. The van der Waals surface area contributed by atoms with Gasteiger partial charge in [-0.05, 0) is 38.3 Å². The Morgan fingerprint density at radius 1 is 1.36 bits per heavy atom. The largest absolute Gasteiger partial charge is 0.469 e. The summed E-state index contributed by atoms with van der Waals surface area (Å²) < 4.78 is 4.59. The fourth-order valence-electron chi connectivity index (χ4n) is 1.97. The Balaban J connectivity index is 1.94. The number of unbranched alkanes of at least 4 members (excludes halogenated alkanes) is 1. The fraction of sp³-hybridized carbons (Fsp3) is 0.909. The molecule has 0 amide bonds. The van der Waals surface area contributed by atoms with Crippen molar-refractivity contribution in [2.75, 3.05) is 20.2 Å². The molecule has 1 fully saturated rings. The summed E-state index contributed by atoms with van der Waals surface area (Å²) in [5.74, 6) is 0.809. The van der Waals surface area contributed by atoms with Crippen LogP contribution in [0.1, 0.15) is 38.5 Å². The maximum absolute atomic E-state index is 10.8. The molecule has 1 aliphatic rings. The number of esters is 1. The lowest BCUT2D eigenvalue weighted by atomic mass is 9.92. The Morgan fingerprint density at radius 3 is 2.71 bits per heavy atom. The second kappa shape index (κ2) is 6.82. The third-order valence-electron chi connectivity index (χ3n) is 2.93. The molecule has 0 radical (unpaired) electrons. The predicted octanol–water partition coefficient (Wildman–Crippen LogP) is 1.72. The molecule has 1 rings (SSSR count). The van der Waals surface area contributed by atoms with Gasteiger partial charge >= 0.3 is 5.97 Å². The van der Waals surface area contributed by atoms with Crippen LogP contribution in [0.5, 0.6) is 0 Å². The Morgan fingerprint density at radius 2 is 2.07 bits per heavy atom. The van der Waals surface area contributed by atoms with Crippen molar-refractivity contribution in [2.24, 2.45) is 5.92 Å². The maximum Gasteiger partial charge on any atom is 0.305 e. The minimum Gasteiger partial charge on any atom is -0.469 e. The molecule has 82 valence electrons. The minimum absolute atomic E-state index is 0.0738. The van der Waals surface area contributed by atoms with Crippen LogP contribution in [-0.2, 0) is 9.53 Å². The highest BCUT2D eigenvalue weighted by Crippen LogP contribution is 2.19. The molecule has 0 aliphatic carbocycles. The predicted molar refractivity (Wildman–Crippen MR) is 56.1 cm³/mol. The summed E-state index contributed by atoms with van der Waals surface area (Å²) in [4.78, 5) is 10.8. The summed E-state index contributed by atoms with van der Waals surface area (Å²) in [5.41, 5.74) is 0. The van der Waals surface area contributed by atoms with E-state index >= 15 is 0 Å². The molecule has 1 heterocycles. The van der Waals surface area contributed by atoms with Crippen LogP contribution in [0.15, 0.2) is 0 Å². The van der Waals surface area contributed by atoms with E-state index in [1.54, 1.807) is 0 Å². The minimum atomic E-state index is -0.0738. The zero-order chi connectivity index (χ0) is 10.2. The van der Waals surface area contributed by atoms with E-state index in [0.717, 1.165) is 12.3 Å². The zero-order valence-electron chi connectivity index (χ0n) is 9.05. The molecule has 0 atom stereocenters. The van der Waals surface area contributed by atoms with Crippen LogP contribution in [0.2, 0.25) is 0 Å². The first-order valence-corrected chi connectivity index (χ1v) is 5.60. The van der Waals surface area contributed by atoms with Crippen molar-refractivity contribution in [2.45, 2.75) is 38.5 Å². The standard InChI is InChI=1S/C11H21NO2/c1-14-11(13)5-3-2-4-10-6-8-12-9-7-10/h10,12H,2-9H2,1H3. The van der Waals surface area contributed by atoms with Crippen LogP contribution < -0.4 is 5.32 Å². The van der Waals surface area contributed by atoms with Gasteiger partial charge in [0.15, 0.2) is 0 Å². The summed E-state index contributed by atoms with van der Waals surface area (Å²) in [7, 11) is 1.45. The summed E-state index contributed by atoms with van der Waals surface area (Å²) in [6, 6.07) is 0. The van der Waals surface area contributed by atoms with E-state index in [2.05, 4.69) is 10.1 Å². The number of ether oxygens (including phenoxy) is 1. The highest BCUT2D eigenvalue weighted by Gasteiger charge is 2.12. The molecule has 1 N–H and O–H groups in total. The van der Waals surface area contributed by atoms with Gasteiger partial charge in [0.25, 0.3) is 0 Å². The van der Waals surface area contributed by atoms with E-state index in [-0.39, 0.29) is 5.97 Å². The lowest BCUT2D eigenvalue weighted by molar-refractivity contribution is -0.140. The second-order valence-electron chi connectivity index (χ2n) is 4.02. The topological polar surface area (TPSA) is 38.3 Å². The molecule has 1 aliphatic heterocycles. The van der Waals surface area contributed by atoms with E-state index in [1.807, 2.05) is 0 Å². The van der Waals surface area contributed by atoms with Crippen molar-refractivity contribution in [3.8, 4) is 0 Å². The van der Waals surface area contributed by atoms with Crippen molar-refractivity contribution in [1.82, 2.24) is 5.32 Å². The lowest BCUT2D eigenvalue weighted by Crippen LogP contribution is -2.27. The molecule has 3 nitrogen and oxygen atoms in total. The van der Waals surface area contributed by atoms with Crippen LogP contribution in [0, 0.1) is 5.92 Å². The van der Waals surface area contributed by atoms with Gasteiger partial charge in [0.05, 0.1) is 7.11 Å². The van der Waals surface area contributed by atoms with E-state index in [4.69, 9.17) is 0 Å². The van der Waals surface area contributed by atoms with Crippen molar-refractivity contribution >= 4 is 5.97 Å². The Labute approximate surface area is 86.2 Å². The molecule has 0 saturated carbocycles. The molecule has 0 aromatic rings. The number of hydrogen-bond donors (Lipinski definition) is 1. The van der Waals surface area contributed by atoms with Gasteiger partial charge in [-0.25, -0.2) is 0 Å². The third-order valence-corrected chi connectivity index (χ3v) is 2.93. The average Bonchev–Trinajstić information content (AvgIpc) is 2.25. The number of carbonyl (C=O) groups is 1. The first-order chi connectivity index (χ1) is 6.83. The summed E-state index contributed by atoms with van der Waals surface area (Å²) >= 11 is 0. The molecule has 3 heteroatoms. The smallest absolute Gasteiger partial charge is 0.305 e. The Bertz CT molecular complexity index is 165. The molecule has 0 bridgehead atoms. The van der Waals surface area contributed by atoms with Crippen molar-refractivity contribution in [3.05, 3.63) is 0 Å². The quantitative estimate of drug-likeness (QED) is 0.541. The first kappa shape index (κ1) is 11.5.